The van der Waals surface area contributed by atoms with Crippen LogP contribution < -0.4 is 4.90 Å². The van der Waals surface area contributed by atoms with Gasteiger partial charge in [-0.25, -0.2) is 4.98 Å². The van der Waals surface area contributed by atoms with Gasteiger partial charge in [-0.1, -0.05) is 11.6 Å². The van der Waals surface area contributed by atoms with Crippen molar-refractivity contribution in [3.05, 3.63) is 17.3 Å². The Morgan fingerprint density at radius 2 is 2.38 bits per heavy atom. The third kappa shape index (κ3) is 2.68. The number of halogens is 1. The lowest BCUT2D eigenvalue weighted by molar-refractivity contribution is -0.129. The fraction of sp³-hybridized carbons (Fsp3) is 0.500. The van der Waals surface area contributed by atoms with E-state index in [1.807, 2.05) is 0 Å². The van der Waals surface area contributed by atoms with Gasteiger partial charge in [0.2, 0.25) is 5.91 Å². The molecule has 0 aromatic carbocycles. The highest BCUT2D eigenvalue weighted by Crippen LogP contribution is 2.33. The van der Waals surface area contributed by atoms with Gasteiger partial charge < -0.3 is 9.80 Å². The molecule has 2 aromatic heterocycles. The first kappa shape index (κ1) is 14.1. The minimum Gasteiger partial charge on any atom is -0.354 e. The van der Waals surface area contributed by atoms with Crippen LogP contribution in [0.15, 0.2) is 12.3 Å². The summed E-state index contributed by atoms with van der Waals surface area (Å²) in [4.78, 5) is 19.9. The molecule has 2 aromatic rings. The Kier molecular flexibility index (Phi) is 3.71. The van der Waals surface area contributed by atoms with Crippen LogP contribution in [0.25, 0.3) is 11.0 Å². The first-order valence-corrected chi connectivity index (χ1v) is 7.37. The highest BCUT2D eigenvalue weighted by atomic mass is 35.5. The maximum absolute atomic E-state index is 11.8. The smallest absolute Gasteiger partial charge is 0.222 e. The number of nitrogens with zero attached hydrogens (tertiary/aromatic N) is 4. The highest BCUT2D eigenvalue weighted by Gasteiger charge is 2.28. The van der Waals surface area contributed by atoms with E-state index in [2.05, 4.69) is 20.1 Å². The van der Waals surface area contributed by atoms with E-state index in [9.17, 15) is 4.79 Å². The van der Waals surface area contributed by atoms with E-state index in [4.69, 9.17) is 11.6 Å². The van der Waals surface area contributed by atoms with Crippen molar-refractivity contribution in [2.75, 3.05) is 32.1 Å². The Morgan fingerprint density at radius 3 is 3.14 bits per heavy atom. The van der Waals surface area contributed by atoms with Crippen LogP contribution in [-0.4, -0.2) is 53.2 Å². The summed E-state index contributed by atoms with van der Waals surface area (Å²) in [5.74, 6) is 1.37. The second-order valence-electron chi connectivity index (χ2n) is 5.66. The number of carbonyl (C=O) groups is 1. The van der Waals surface area contributed by atoms with Crippen LogP contribution >= 0.6 is 11.6 Å². The molecule has 0 bridgehead atoms. The molecule has 0 spiro atoms. The minimum atomic E-state index is 0.174. The number of rotatable bonds is 3. The molecule has 1 aliphatic heterocycles. The van der Waals surface area contributed by atoms with E-state index < -0.39 is 0 Å². The zero-order valence-electron chi connectivity index (χ0n) is 12.1. The summed E-state index contributed by atoms with van der Waals surface area (Å²) in [6, 6.07) is 1.77. The van der Waals surface area contributed by atoms with E-state index in [1.54, 1.807) is 31.3 Å². The van der Waals surface area contributed by atoms with Gasteiger partial charge in [-0.3, -0.25) is 9.89 Å². The van der Waals surface area contributed by atoms with Crippen molar-refractivity contribution < 1.29 is 4.79 Å². The average Bonchev–Trinajstić information content (AvgIpc) is 3.05. The largest absolute Gasteiger partial charge is 0.354 e. The lowest BCUT2D eigenvalue weighted by Gasteiger charge is -2.17. The first-order chi connectivity index (χ1) is 10.1. The van der Waals surface area contributed by atoms with Gasteiger partial charge in [0.05, 0.1) is 10.4 Å². The van der Waals surface area contributed by atoms with Gasteiger partial charge in [-0.05, 0) is 18.4 Å². The van der Waals surface area contributed by atoms with Crippen LogP contribution in [0.3, 0.4) is 0 Å². The molecule has 3 rings (SSSR count). The number of aromatic nitrogens is 3. The van der Waals surface area contributed by atoms with E-state index in [1.165, 1.54) is 0 Å². The molecular formula is C14H18ClN5O. The van der Waals surface area contributed by atoms with E-state index in [0.717, 1.165) is 30.7 Å². The monoisotopic (exact) mass is 307 g/mol. The van der Waals surface area contributed by atoms with Gasteiger partial charge in [-0.2, -0.15) is 5.10 Å². The predicted molar refractivity (Wildman–Crippen MR) is 82.5 cm³/mol. The third-order valence-electron chi connectivity index (χ3n) is 3.94. The molecule has 6 nitrogen and oxygen atoms in total. The van der Waals surface area contributed by atoms with E-state index in [-0.39, 0.29) is 5.91 Å². The van der Waals surface area contributed by atoms with Crippen molar-refractivity contribution in [3.63, 3.8) is 0 Å². The molecule has 0 radical (unpaired) electrons. The number of fused-ring (bicyclic) bond motifs is 1. The molecule has 21 heavy (non-hydrogen) atoms. The Balaban J connectivity index is 1.78. The van der Waals surface area contributed by atoms with Crippen molar-refractivity contribution >= 4 is 34.4 Å². The summed E-state index contributed by atoms with van der Waals surface area (Å²) >= 11 is 6.26. The number of anilines is 1. The highest BCUT2D eigenvalue weighted by molar-refractivity contribution is 6.36. The maximum Gasteiger partial charge on any atom is 0.222 e. The van der Waals surface area contributed by atoms with Gasteiger partial charge >= 0.3 is 0 Å². The van der Waals surface area contributed by atoms with Crippen LogP contribution in [-0.2, 0) is 4.79 Å². The summed E-state index contributed by atoms with van der Waals surface area (Å²) in [5, 5.41) is 8.77. The van der Waals surface area contributed by atoms with E-state index >= 15 is 0 Å². The van der Waals surface area contributed by atoms with Crippen molar-refractivity contribution in [2.24, 2.45) is 5.92 Å². The van der Waals surface area contributed by atoms with E-state index in [0.29, 0.717) is 23.0 Å². The number of hydrogen-bond acceptors (Lipinski definition) is 4. The predicted octanol–water partition coefficient (Wildman–Crippen LogP) is 1.92. The van der Waals surface area contributed by atoms with Gasteiger partial charge in [0.15, 0.2) is 11.5 Å². The quantitative estimate of drug-likeness (QED) is 0.941. The maximum atomic E-state index is 11.8. The second-order valence-corrected chi connectivity index (χ2v) is 6.06. The molecule has 112 valence electrons. The minimum absolute atomic E-state index is 0.174. The number of carbonyl (C=O) groups excluding carboxylic acids is 1. The zero-order chi connectivity index (χ0) is 15.0. The average molecular weight is 308 g/mol. The third-order valence-corrected chi connectivity index (χ3v) is 4.25. The Labute approximate surface area is 128 Å². The summed E-state index contributed by atoms with van der Waals surface area (Å²) < 4.78 is 0. The second kappa shape index (κ2) is 5.52. The van der Waals surface area contributed by atoms with Crippen molar-refractivity contribution in [1.82, 2.24) is 20.1 Å². The standard InChI is InChI=1S/C14H18ClN5O/c1-19(2)11(21)7-9-4-6-20(8-9)14-12-10(15)3-5-16-13(12)17-18-14/h3,5,9H,4,6-8H2,1-2H3,(H,16,17,18)/t9-/m0/s1. The Bertz CT molecular complexity index is 668. The molecule has 0 aliphatic carbocycles. The van der Waals surface area contributed by atoms with Gasteiger partial charge in [0, 0.05) is 39.8 Å². The van der Waals surface area contributed by atoms with Gasteiger partial charge in [-0.15, -0.1) is 0 Å². The molecule has 1 aliphatic rings. The summed E-state index contributed by atoms with van der Waals surface area (Å²) in [7, 11) is 3.59. The first-order valence-electron chi connectivity index (χ1n) is 7.00. The fourth-order valence-electron chi connectivity index (χ4n) is 2.75. The number of aromatic amines is 1. The molecule has 0 saturated carbocycles. The number of H-pyrrole nitrogens is 1. The van der Waals surface area contributed by atoms with Gasteiger partial charge in [0.1, 0.15) is 0 Å². The molecule has 1 saturated heterocycles. The van der Waals surface area contributed by atoms with Crippen LogP contribution in [0, 0.1) is 5.92 Å². The van der Waals surface area contributed by atoms with Crippen LogP contribution in [0.1, 0.15) is 12.8 Å². The Morgan fingerprint density at radius 1 is 1.57 bits per heavy atom. The van der Waals surface area contributed by atoms with Gasteiger partial charge in [0.25, 0.3) is 0 Å². The van der Waals surface area contributed by atoms with Crippen molar-refractivity contribution in [2.45, 2.75) is 12.8 Å². The summed E-state index contributed by atoms with van der Waals surface area (Å²) in [6.45, 7) is 1.71. The molecule has 0 unspecified atom stereocenters. The van der Waals surface area contributed by atoms with Crippen LogP contribution in [0.4, 0.5) is 5.82 Å². The Hall–Kier alpha value is -1.82. The lowest BCUT2D eigenvalue weighted by atomic mass is 10.0. The van der Waals surface area contributed by atoms with Crippen molar-refractivity contribution in [3.8, 4) is 0 Å². The SMILES string of the molecule is CN(C)C(=O)C[C@@H]1CCN(c2n[nH]c3nccc(Cl)c23)C1. The number of amides is 1. The number of pyridine rings is 1. The summed E-state index contributed by atoms with van der Waals surface area (Å²) in [6.07, 6.45) is 3.23. The zero-order valence-corrected chi connectivity index (χ0v) is 12.9. The molecule has 1 atom stereocenters. The fourth-order valence-corrected chi connectivity index (χ4v) is 2.98. The molecule has 7 heteroatoms. The topological polar surface area (TPSA) is 65.1 Å². The molecule has 1 amide bonds. The number of nitrogens with one attached hydrogen (secondary N) is 1. The summed E-state index contributed by atoms with van der Waals surface area (Å²) in [5.41, 5.74) is 0.699. The molecule has 1 fully saturated rings. The van der Waals surface area contributed by atoms with Crippen LogP contribution in [0.2, 0.25) is 5.02 Å². The molecule has 3 heterocycles. The van der Waals surface area contributed by atoms with Crippen molar-refractivity contribution in [1.29, 1.82) is 0 Å². The molecular weight excluding hydrogens is 290 g/mol. The normalized spacial score (nSPS) is 18.4. The van der Waals surface area contributed by atoms with Crippen LogP contribution in [0.5, 0.6) is 0 Å². The molecule has 1 N–H and O–H groups in total. The lowest BCUT2D eigenvalue weighted by Crippen LogP contribution is -2.26. The number of hydrogen-bond donors (Lipinski definition) is 1.